The summed E-state index contributed by atoms with van der Waals surface area (Å²) < 4.78 is 10.7. The number of halogens is 1. The highest BCUT2D eigenvalue weighted by Crippen LogP contribution is 2.31. The molecule has 0 aromatic heterocycles. The molecular weight excluding hydrogens is 464 g/mol. The van der Waals surface area contributed by atoms with Gasteiger partial charge in [0.2, 0.25) is 0 Å². The fourth-order valence-corrected chi connectivity index (χ4v) is 5.36. The summed E-state index contributed by atoms with van der Waals surface area (Å²) in [5.41, 5.74) is 1.93. The quantitative estimate of drug-likeness (QED) is 0.466. The van der Waals surface area contributed by atoms with Crippen LogP contribution < -0.4 is 4.90 Å². The monoisotopic (exact) mass is 508 g/mol. The predicted molar refractivity (Wildman–Crippen MR) is 144 cm³/mol. The van der Waals surface area contributed by atoms with Gasteiger partial charge in [-0.15, -0.1) is 0 Å². The lowest BCUT2D eigenvalue weighted by Gasteiger charge is -2.43. The minimum absolute atomic E-state index is 0.184. The largest absolute Gasteiger partial charge is 0.444 e. The van der Waals surface area contributed by atoms with Gasteiger partial charge in [-0.25, -0.2) is 4.79 Å². The smallest absolute Gasteiger partial charge is 0.410 e. The van der Waals surface area contributed by atoms with Gasteiger partial charge >= 0.3 is 6.09 Å². The summed E-state index contributed by atoms with van der Waals surface area (Å²) in [4.78, 5) is 21.6. The summed E-state index contributed by atoms with van der Waals surface area (Å²) in [6, 6.07) is 7.34. The second-order valence-corrected chi connectivity index (χ2v) is 11.3. The molecule has 0 N–H and O–H groups in total. The van der Waals surface area contributed by atoms with Crippen molar-refractivity contribution in [2.45, 2.75) is 64.6 Å². The molecule has 2 saturated heterocycles. The molecule has 0 aliphatic carbocycles. The van der Waals surface area contributed by atoms with Gasteiger partial charge in [-0.3, -0.25) is 9.80 Å². The lowest BCUT2D eigenvalue weighted by atomic mass is 10.0. The molecule has 2 fully saturated rings. The van der Waals surface area contributed by atoms with Crippen molar-refractivity contribution in [3.8, 4) is 0 Å². The van der Waals surface area contributed by atoms with Gasteiger partial charge in [0, 0.05) is 82.3 Å². The Labute approximate surface area is 217 Å². The molecule has 198 valence electrons. The highest BCUT2D eigenvalue weighted by Gasteiger charge is 2.31. The van der Waals surface area contributed by atoms with Gasteiger partial charge in [-0.1, -0.05) is 17.7 Å². The van der Waals surface area contributed by atoms with Crippen LogP contribution >= 0.6 is 11.6 Å². The maximum absolute atomic E-state index is 12.4. The van der Waals surface area contributed by atoms with Gasteiger partial charge in [-0.2, -0.15) is 0 Å². The summed E-state index contributed by atoms with van der Waals surface area (Å²) >= 11 is 6.75. The molecule has 7 nitrogen and oxygen atoms in total. The lowest BCUT2D eigenvalue weighted by molar-refractivity contribution is 0.0140. The molecule has 0 radical (unpaired) electrons. The molecule has 8 heteroatoms. The van der Waals surface area contributed by atoms with Crippen LogP contribution in [0.4, 0.5) is 10.5 Å². The third-order valence-corrected chi connectivity index (χ3v) is 7.59. The van der Waals surface area contributed by atoms with E-state index in [0.717, 1.165) is 76.7 Å². The van der Waals surface area contributed by atoms with E-state index in [9.17, 15) is 4.79 Å². The Morgan fingerprint density at radius 2 is 1.80 bits per heavy atom. The van der Waals surface area contributed by atoms with Crippen molar-refractivity contribution in [1.29, 1.82) is 0 Å². The zero-order valence-electron chi connectivity index (χ0n) is 22.6. The van der Waals surface area contributed by atoms with Crippen molar-refractivity contribution < 1.29 is 14.3 Å². The normalized spacial score (nSPS) is 19.3. The Kier molecular flexibility index (Phi) is 10.1. The number of carbonyl (C=O) groups excluding carboxylic acids is 1. The number of piperazine rings is 1. The first-order valence-electron chi connectivity index (χ1n) is 13.0. The van der Waals surface area contributed by atoms with Gasteiger partial charge in [0.05, 0.1) is 0 Å². The van der Waals surface area contributed by atoms with Crippen molar-refractivity contribution in [1.82, 2.24) is 14.7 Å². The van der Waals surface area contributed by atoms with Gasteiger partial charge in [0.1, 0.15) is 5.60 Å². The number of amides is 1. The number of rotatable bonds is 8. The van der Waals surface area contributed by atoms with Crippen molar-refractivity contribution in [3.63, 3.8) is 0 Å². The van der Waals surface area contributed by atoms with Crippen LogP contribution in [-0.4, -0.2) is 99.0 Å². The summed E-state index contributed by atoms with van der Waals surface area (Å²) in [6.07, 6.45) is 2.85. The van der Waals surface area contributed by atoms with Crippen LogP contribution in [0.1, 0.15) is 58.6 Å². The first kappa shape index (κ1) is 28.0. The fourth-order valence-electron chi connectivity index (χ4n) is 5.03. The van der Waals surface area contributed by atoms with E-state index in [1.165, 1.54) is 11.3 Å². The average Bonchev–Trinajstić information content (AvgIpc) is 2.83. The zero-order valence-corrected chi connectivity index (χ0v) is 23.3. The number of hydrogen-bond donors (Lipinski definition) is 0. The molecule has 1 aromatic rings. The number of piperidine rings is 1. The minimum atomic E-state index is -0.441. The first-order valence-corrected chi connectivity index (χ1v) is 13.4. The van der Waals surface area contributed by atoms with E-state index in [-0.39, 0.29) is 12.1 Å². The van der Waals surface area contributed by atoms with Crippen molar-refractivity contribution in [2.75, 3.05) is 71.5 Å². The number of nitrogens with zero attached hydrogens (tertiary/aromatic N) is 4. The molecule has 1 amide bonds. The predicted octanol–water partition coefficient (Wildman–Crippen LogP) is 4.89. The average molecular weight is 509 g/mol. The van der Waals surface area contributed by atoms with Crippen LogP contribution in [0.2, 0.25) is 5.02 Å². The molecule has 2 heterocycles. The van der Waals surface area contributed by atoms with E-state index in [1.54, 1.807) is 7.11 Å². The third kappa shape index (κ3) is 7.97. The first-order chi connectivity index (χ1) is 16.6. The number of benzene rings is 1. The fraction of sp³-hybridized carbons (Fsp3) is 0.741. The Hall–Kier alpha value is -1.54. The summed E-state index contributed by atoms with van der Waals surface area (Å²) in [5, 5.41) is 0.838. The third-order valence-electron chi connectivity index (χ3n) is 7.27. The Balaban J connectivity index is 1.48. The van der Waals surface area contributed by atoms with Gasteiger partial charge in [0.15, 0.2) is 0 Å². The van der Waals surface area contributed by atoms with E-state index in [4.69, 9.17) is 21.1 Å². The van der Waals surface area contributed by atoms with Crippen LogP contribution in [0.3, 0.4) is 0 Å². The molecule has 0 saturated carbocycles. The second-order valence-electron chi connectivity index (χ2n) is 10.9. The molecule has 3 rings (SSSR count). The second kappa shape index (κ2) is 12.6. The zero-order chi connectivity index (χ0) is 25.6. The molecular formula is C27H45ClN4O3. The maximum Gasteiger partial charge on any atom is 0.410 e. The van der Waals surface area contributed by atoms with E-state index in [0.29, 0.717) is 6.04 Å². The number of hydrogen-bond acceptors (Lipinski definition) is 6. The molecule has 2 aliphatic heterocycles. The standard InChI is InChI=1S/C27H45ClN4O3/c1-21(29(5)12-7-19-34-6)24-9-8-23(20-25(24)28)31-17-15-30(16-18-31)22-10-13-32(14-11-22)26(33)35-27(2,3)4/h8-9,20-22H,7,10-19H2,1-6H3. The van der Waals surface area contributed by atoms with Gasteiger partial charge in [-0.05, 0) is 71.7 Å². The van der Waals surface area contributed by atoms with Gasteiger partial charge in [0.25, 0.3) is 0 Å². The Bertz CT molecular complexity index is 815. The van der Waals surface area contributed by atoms with Crippen molar-refractivity contribution in [3.05, 3.63) is 28.8 Å². The number of likely N-dealkylation sites (tertiary alicyclic amines) is 1. The van der Waals surface area contributed by atoms with E-state index in [2.05, 4.69) is 46.9 Å². The van der Waals surface area contributed by atoms with Crippen LogP contribution in [0.25, 0.3) is 0 Å². The van der Waals surface area contributed by atoms with Gasteiger partial charge < -0.3 is 19.3 Å². The lowest BCUT2D eigenvalue weighted by Crippen LogP contribution is -2.54. The maximum atomic E-state index is 12.4. The Morgan fingerprint density at radius 3 is 2.37 bits per heavy atom. The molecule has 1 unspecified atom stereocenters. The Morgan fingerprint density at radius 1 is 1.14 bits per heavy atom. The van der Waals surface area contributed by atoms with E-state index in [1.807, 2.05) is 25.7 Å². The highest BCUT2D eigenvalue weighted by molar-refractivity contribution is 6.31. The van der Waals surface area contributed by atoms with Crippen molar-refractivity contribution >= 4 is 23.4 Å². The van der Waals surface area contributed by atoms with Crippen LogP contribution in [-0.2, 0) is 9.47 Å². The summed E-state index contributed by atoms with van der Waals surface area (Å²) in [7, 11) is 3.88. The van der Waals surface area contributed by atoms with Crippen LogP contribution in [0.15, 0.2) is 18.2 Å². The molecule has 1 aromatic carbocycles. The summed E-state index contributed by atoms with van der Waals surface area (Å²) in [6.45, 7) is 15.3. The number of carbonyl (C=O) groups is 1. The molecule has 2 aliphatic rings. The number of ether oxygens (including phenoxy) is 2. The molecule has 0 spiro atoms. The molecule has 0 bridgehead atoms. The van der Waals surface area contributed by atoms with E-state index < -0.39 is 5.60 Å². The highest BCUT2D eigenvalue weighted by atomic mass is 35.5. The SMILES string of the molecule is COCCCN(C)C(C)c1ccc(N2CCN(C3CCN(C(=O)OC(C)(C)C)CC3)CC2)cc1Cl. The van der Waals surface area contributed by atoms with Crippen LogP contribution in [0, 0.1) is 0 Å². The molecule has 1 atom stereocenters. The molecule has 35 heavy (non-hydrogen) atoms. The van der Waals surface area contributed by atoms with Crippen LogP contribution in [0.5, 0.6) is 0 Å². The topological polar surface area (TPSA) is 48.5 Å². The number of anilines is 1. The minimum Gasteiger partial charge on any atom is -0.444 e. The van der Waals surface area contributed by atoms with Crippen molar-refractivity contribution in [2.24, 2.45) is 0 Å². The van der Waals surface area contributed by atoms with E-state index >= 15 is 0 Å². The number of methoxy groups -OCH3 is 1. The summed E-state index contributed by atoms with van der Waals surface area (Å²) in [5.74, 6) is 0.